The number of para-hydroxylation sites is 1. The van der Waals surface area contributed by atoms with Gasteiger partial charge in [0.2, 0.25) is 0 Å². The van der Waals surface area contributed by atoms with Crippen LogP contribution in [0.3, 0.4) is 0 Å². The number of benzene rings is 1. The summed E-state index contributed by atoms with van der Waals surface area (Å²) < 4.78 is 0. The highest BCUT2D eigenvalue weighted by Gasteiger charge is 2.09. The maximum absolute atomic E-state index is 5.35. The maximum Gasteiger partial charge on any atom is 0.173 e. The lowest BCUT2D eigenvalue weighted by molar-refractivity contribution is 0.728. The molecule has 0 aliphatic rings. The molecule has 0 fully saturated rings. The van der Waals surface area contributed by atoms with E-state index in [0.29, 0.717) is 6.04 Å². The predicted molar refractivity (Wildman–Crippen MR) is 70.3 cm³/mol. The van der Waals surface area contributed by atoms with Gasteiger partial charge in [-0.2, -0.15) is 0 Å². The largest absolute Gasteiger partial charge is 0.360 e. The summed E-state index contributed by atoms with van der Waals surface area (Å²) >= 11 is 5.35. The van der Waals surface area contributed by atoms with Crippen molar-refractivity contribution < 1.29 is 0 Å². The quantitative estimate of drug-likeness (QED) is 0.792. The summed E-state index contributed by atoms with van der Waals surface area (Å²) in [4.78, 5) is 2.09. The Morgan fingerprint density at radius 1 is 1.33 bits per heavy atom. The zero-order valence-electron chi connectivity index (χ0n) is 9.53. The molecule has 0 aromatic heterocycles. The zero-order chi connectivity index (χ0) is 11.3. The molecule has 0 aliphatic carbocycles. The van der Waals surface area contributed by atoms with Gasteiger partial charge in [-0.15, -0.1) is 0 Å². The van der Waals surface area contributed by atoms with Crippen LogP contribution in [0.5, 0.6) is 0 Å². The van der Waals surface area contributed by atoms with Gasteiger partial charge in [-0.25, -0.2) is 0 Å². The molecule has 15 heavy (non-hydrogen) atoms. The van der Waals surface area contributed by atoms with Gasteiger partial charge in [0.05, 0.1) is 0 Å². The van der Waals surface area contributed by atoms with Crippen molar-refractivity contribution in [1.82, 2.24) is 5.32 Å². The van der Waals surface area contributed by atoms with Crippen molar-refractivity contribution in [2.24, 2.45) is 0 Å². The number of nitrogens with zero attached hydrogens (tertiary/aromatic N) is 1. The van der Waals surface area contributed by atoms with E-state index in [0.717, 1.165) is 17.3 Å². The Balaban J connectivity index is 2.76. The van der Waals surface area contributed by atoms with Crippen LogP contribution in [0.15, 0.2) is 30.3 Å². The van der Waals surface area contributed by atoms with Crippen LogP contribution in [0.1, 0.15) is 20.8 Å². The monoisotopic (exact) mass is 222 g/mol. The van der Waals surface area contributed by atoms with Gasteiger partial charge in [0.15, 0.2) is 5.11 Å². The molecule has 1 rings (SSSR count). The molecule has 0 unspecified atom stereocenters. The van der Waals surface area contributed by atoms with E-state index in [-0.39, 0.29) is 0 Å². The first-order valence-corrected chi connectivity index (χ1v) is 5.69. The molecule has 2 nitrogen and oxygen atoms in total. The molecular weight excluding hydrogens is 204 g/mol. The Kier molecular flexibility index (Phi) is 4.56. The Morgan fingerprint density at radius 3 is 2.40 bits per heavy atom. The van der Waals surface area contributed by atoms with Crippen LogP contribution in [0.25, 0.3) is 0 Å². The Morgan fingerprint density at radius 2 is 1.93 bits per heavy atom. The summed E-state index contributed by atoms with van der Waals surface area (Å²) in [5.41, 5.74) is 1.14. The summed E-state index contributed by atoms with van der Waals surface area (Å²) in [6, 6.07) is 10.6. The van der Waals surface area contributed by atoms with Crippen LogP contribution in [-0.4, -0.2) is 17.7 Å². The second-order valence-corrected chi connectivity index (χ2v) is 4.07. The maximum atomic E-state index is 5.35. The number of hydrogen-bond acceptors (Lipinski definition) is 1. The van der Waals surface area contributed by atoms with Crippen molar-refractivity contribution in [2.45, 2.75) is 26.8 Å². The number of rotatable bonds is 3. The third-order valence-electron chi connectivity index (χ3n) is 2.04. The van der Waals surface area contributed by atoms with Crippen molar-refractivity contribution in [3.8, 4) is 0 Å². The third-order valence-corrected chi connectivity index (χ3v) is 2.38. The molecule has 0 radical (unpaired) electrons. The van der Waals surface area contributed by atoms with Crippen LogP contribution in [0.2, 0.25) is 0 Å². The fraction of sp³-hybridized carbons (Fsp3) is 0.417. The lowest BCUT2D eigenvalue weighted by Crippen LogP contribution is -2.42. The molecule has 0 bridgehead atoms. The highest BCUT2D eigenvalue weighted by atomic mass is 32.1. The molecule has 0 saturated carbocycles. The van der Waals surface area contributed by atoms with Crippen LogP contribution < -0.4 is 10.2 Å². The van der Waals surface area contributed by atoms with E-state index < -0.39 is 0 Å². The van der Waals surface area contributed by atoms with Gasteiger partial charge in [0, 0.05) is 18.3 Å². The minimum absolute atomic E-state index is 0.371. The number of hydrogen-bond donors (Lipinski definition) is 1. The van der Waals surface area contributed by atoms with E-state index in [1.54, 1.807) is 0 Å². The second-order valence-electron chi connectivity index (χ2n) is 3.68. The van der Waals surface area contributed by atoms with E-state index in [4.69, 9.17) is 12.2 Å². The van der Waals surface area contributed by atoms with Crippen molar-refractivity contribution >= 4 is 23.0 Å². The normalized spacial score (nSPS) is 10.1. The van der Waals surface area contributed by atoms with Gasteiger partial charge >= 0.3 is 0 Å². The Bertz CT molecular complexity index is 309. The van der Waals surface area contributed by atoms with Gasteiger partial charge in [0.1, 0.15) is 0 Å². The summed E-state index contributed by atoms with van der Waals surface area (Å²) in [5, 5.41) is 4.04. The van der Waals surface area contributed by atoms with Gasteiger partial charge in [-0.1, -0.05) is 18.2 Å². The smallest absolute Gasteiger partial charge is 0.173 e. The summed E-state index contributed by atoms with van der Waals surface area (Å²) in [6.07, 6.45) is 0. The second kappa shape index (κ2) is 5.71. The molecule has 0 atom stereocenters. The highest BCUT2D eigenvalue weighted by Crippen LogP contribution is 2.12. The fourth-order valence-corrected chi connectivity index (χ4v) is 1.85. The topological polar surface area (TPSA) is 15.3 Å². The fourth-order valence-electron chi connectivity index (χ4n) is 1.38. The van der Waals surface area contributed by atoms with E-state index in [1.807, 2.05) is 18.2 Å². The molecule has 1 N–H and O–H groups in total. The predicted octanol–water partition coefficient (Wildman–Crippen LogP) is 2.80. The highest BCUT2D eigenvalue weighted by molar-refractivity contribution is 7.80. The van der Waals surface area contributed by atoms with Crippen LogP contribution >= 0.6 is 12.2 Å². The average Bonchev–Trinajstić information content (AvgIpc) is 2.19. The lowest BCUT2D eigenvalue weighted by atomic mass is 10.3. The first-order chi connectivity index (χ1) is 7.15. The van der Waals surface area contributed by atoms with Crippen molar-refractivity contribution in [3.05, 3.63) is 30.3 Å². The lowest BCUT2D eigenvalue weighted by Gasteiger charge is -2.25. The van der Waals surface area contributed by atoms with E-state index in [1.165, 1.54) is 0 Å². The van der Waals surface area contributed by atoms with Gasteiger partial charge in [0.25, 0.3) is 0 Å². The molecule has 0 spiro atoms. The number of anilines is 1. The van der Waals surface area contributed by atoms with Gasteiger partial charge in [-0.05, 0) is 45.1 Å². The van der Waals surface area contributed by atoms with E-state index in [9.17, 15) is 0 Å². The van der Waals surface area contributed by atoms with Crippen molar-refractivity contribution in [1.29, 1.82) is 0 Å². The molecule has 0 amide bonds. The van der Waals surface area contributed by atoms with Crippen molar-refractivity contribution in [3.63, 3.8) is 0 Å². The molecule has 0 aliphatic heterocycles. The van der Waals surface area contributed by atoms with Crippen molar-refractivity contribution in [2.75, 3.05) is 11.4 Å². The minimum atomic E-state index is 0.371. The molecule has 0 saturated heterocycles. The molecule has 1 aromatic carbocycles. The molecule has 3 heteroatoms. The first kappa shape index (κ1) is 12.0. The standard InChI is InChI=1S/C12H18N2S/c1-4-14(12(15)13-10(2)3)11-8-6-5-7-9-11/h5-10H,4H2,1-3H3,(H,13,15). The Labute approximate surface area is 97.3 Å². The average molecular weight is 222 g/mol. The van der Waals surface area contributed by atoms with Crippen LogP contribution in [0, 0.1) is 0 Å². The van der Waals surface area contributed by atoms with Crippen LogP contribution in [0.4, 0.5) is 5.69 Å². The van der Waals surface area contributed by atoms with Crippen LogP contribution in [-0.2, 0) is 0 Å². The van der Waals surface area contributed by atoms with E-state index in [2.05, 4.69) is 43.1 Å². The molecule has 1 aromatic rings. The summed E-state index contributed by atoms with van der Waals surface area (Å²) in [5.74, 6) is 0. The Hall–Kier alpha value is -1.09. The summed E-state index contributed by atoms with van der Waals surface area (Å²) in [6.45, 7) is 7.15. The number of thiocarbonyl (C=S) groups is 1. The number of nitrogens with one attached hydrogen (secondary N) is 1. The first-order valence-electron chi connectivity index (χ1n) is 5.28. The van der Waals surface area contributed by atoms with Gasteiger partial charge in [-0.3, -0.25) is 0 Å². The molecular formula is C12H18N2S. The summed E-state index contributed by atoms with van der Waals surface area (Å²) in [7, 11) is 0. The third kappa shape index (κ3) is 3.51. The SMILES string of the molecule is CCN(C(=S)NC(C)C)c1ccccc1. The zero-order valence-corrected chi connectivity index (χ0v) is 10.3. The molecule has 0 heterocycles. The minimum Gasteiger partial charge on any atom is -0.360 e. The van der Waals surface area contributed by atoms with E-state index >= 15 is 0 Å². The molecule has 82 valence electrons. The van der Waals surface area contributed by atoms with Gasteiger partial charge < -0.3 is 10.2 Å².